The van der Waals surface area contributed by atoms with Crippen LogP contribution < -0.4 is 4.74 Å². The van der Waals surface area contributed by atoms with Crippen LogP contribution in [0.3, 0.4) is 0 Å². The zero-order valence-electron chi connectivity index (χ0n) is 8.45. The molecule has 1 heterocycles. The fourth-order valence-electron chi connectivity index (χ4n) is 1.51. The van der Waals surface area contributed by atoms with E-state index in [9.17, 15) is 4.79 Å². The van der Waals surface area contributed by atoms with Gasteiger partial charge in [0, 0.05) is 17.8 Å². The van der Waals surface area contributed by atoms with E-state index < -0.39 is 0 Å². The van der Waals surface area contributed by atoms with Gasteiger partial charge < -0.3 is 4.74 Å². The Hall–Kier alpha value is -1.35. The molecule has 0 aliphatic carbocycles. The molecule has 15 heavy (non-hydrogen) atoms. The molecule has 1 aromatic rings. The molecule has 0 saturated carbocycles. The third-order valence-electron chi connectivity index (χ3n) is 2.38. The van der Waals surface area contributed by atoms with Gasteiger partial charge in [-0.3, -0.25) is 9.79 Å². The number of nitrogens with zero attached hydrogens (tertiary/aromatic N) is 1. The van der Waals surface area contributed by atoms with Gasteiger partial charge in [-0.1, -0.05) is 18.5 Å². The van der Waals surface area contributed by atoms with E-state index in [0.29, 0.717) is 22.0 Å². The lowest BCUT2D eigenvalue weighted by atomic mass is 9.96. The fourth-order valence-corrected chi connectivity index (χ4v) is 1.77. The van der Waals surface area contributed by atoms with E-state index in [2.05, 4.69) is 4.99 Å². The predicted molar refractivity (Wildman–Crippen MR) is 59.7 cm³/mol. The quantitative estimate of drug-likeness (QED) is 0.734. The van der Waals surface area contributed by atoms with Crippen molar-refractivity contribution in [3.05, 3.63) is 22.7 Å². The highest BCUT2D eigenvalue weighted by molar-refractivity contribution is 6.34. The number of carbonyl (C=O) groups excluding carboxylic acids is 1. The van der Waals surface area contributed by atoms with Crippen molar-refractivity contribution >= 4 is 29.3 Å². The molecule has 3 nitrogen and oxygen atoms in total. The molecule has 1 aromatic carbocycles. The minimum Gasteiger partial charge on any atom is -0.497 e. The Morgan fingerprint density at radius 2 is 2.20 bits per heavy atom. The van der Waals surface area contributed by atoms with Crippen LogP contribution in [0.5, 0.6) is 5.75 Å². The van der Waals surface area contributed by atoms with Crippen LogP contribution in [-0.2, 0) is 0 Å². The molecule has 0 radical (unpaired) electrons. The van der Waals surface area contributed by atoms with Gasteiger partial charge in [-0.25, -0.2) is 0 Å². The maximum absolute atomic E-state index is 11.8. The third kappa shape index (κ3) is 1.63. The van der Waals surface area contributed by atoms with E-state index in [-0.39, 0.29) is 11.7 Å². The molecule has 0 spiro atoms. The van der Waals surface area contributed by atoms with E-state index in [1.54, 1.807) is 18.3 Å². The predicted octanol–water partition coefficient (Wildman–Crippen LogP) is 2.88. The number of carbonyl (C=O) groups is 1. The van der Waals surface area contributed by atoms with Gasteiger partial charge in [0.25, 0.3) is 0 Å². The van der Waals surface area contributed by atoms with Gasteiger partial charge in [-0.05, 0) is 6.07 Å². The first-order valence-electron chi connectivity index (χ1n) is 4.59. The largest absolute Gasteiger partial charge is 0.497 e. The van der Waals surface area contributed by atoms with Crippen molar-refractivity contribution in [3.8, 4) is 5.75 Å². The molecule has 78 valence electrons. The molecule has 4 heteroatoms. The summed E-state index contributed by atoms with van der Waals surface area (Å²) in [4.78, 5) is 16.0. The van der Waals surface area contributed by atoms with E-state index >= 15 is 0 Å². The van der Waals surface area contributed by atoms with E-state index in [1.807, 2.05) is 6.92 Å². The van der Waals surface area contributed by atoms with Crippen LogP contribution >= 0.6 is 11.6 Å². The lowest BCUT2D eigenvalue weighted by molar-refractivity contribution is 0.0962. The van der Waals surface area contributed by atoms with Gasteiger partial charge >= 0.3 is 0 Å². The summed E-state index contributed by atoms with van der Waals surface area (Å²) in [5, 5.41) is 0.445. The monoisotopic (exact) mass is 223 g/mol. The number of hydrogen-bond acceptors (Lipinski definition) is 3. The minimum absolute atomic E-state index is 0.0285. The fraction of sp³-hybridized carbons (Fsp3) is 0.273. The summed E-state index contributed by atoms with van der Waals surface area (Å²) in [7, 11) is 1.54. The summed E-state index contributed by atoms with van der Waals surface area (Å²) in [5.74, 6) is 0.415. The van der Waals surface area contributed by atoms with Crippen LogP contribution in [0.15, 0.2) is 17.1 Å². The second-order valence-electron chi connectivity index (χ2n) is 3.44. The number of hydrogen-bond donors (Lipinski definition) is 0. The van der Waals surface area contributed by atoms with E-state index in [4.69, 9.17) is 16.3 Å². The molecule has 0 amide bonds. The second-order valence-corrected chi connectivity index (χ2v) is 3.84. The van der Waals surface area contributed by atoms with E-state index in [0.717, 1.165) is 0 Å². The van der Waals surface area contributed by atoms with Gasteiger partial charge in [0.15, 0.2) is 5.78 Å². The number of ether oxygens (including phenoxy) is 1. The molecular formula is C11H10ClNO2. The van der Waals surface area contributed by atoms with Crippen molar-refractivity contribution in [3.63, 3.8) is 0 Å². The van der Waals surface area contributed by atoms with Gasteiger partial charge in [0.1, 0.15) is 5.75 Å². The van der Waals surface area contributed by atoms with Crippen molar-refractivity contribution < 1.29 is 9.53 Å². The Labute approximate surface area is 92.7 Å². The highest BCUT2D eigenvalue weighted by Crippen LogP contribution is 2.36. The van der Waals surface area contributed by atoms with Crippen LogP contribution in [0.4, 0.5) is 5.69 Å². The number of aliphatic imine (C=N–C) groups is 1. The third-order valence-corrected chi connectivity index (χ3v) is 2.67. The van der Waals surface area contributed by atoms with Crippen molar-refractivity contribution in [1.29, 1.82) is 0 Å². The Kier molecular flexibility index (Phi) is 2.49. The van der Waals surface area contributed by atoms with Crippen LogP contribution in [-0.4, -0.2) is 19.1 Å². The van der Waals surface area contributed by atoms with Gasteiger partial charge in [0.2, 0.25) is 0 Å². The first-order valence-corrected chi connectivity index (χ1v) is 4.97. The summed E-state index contributed by atoms with van der Waals surface area (Å²) in [6.45, 7) is 1.81. The van der Waals surface area contributed by atoms with Crippen molar-refractivity contribution in [2.75, 3.05) is 7.11 Å². The molecule has 0 fully saturated rings. The second kappa shape index (κ2) is 3.66. The molecule has 1 aliphatic heterocycles. The number of halogens is 1. The first-order chi connectivity index (χ1) is 7.13. The minimum atomic E-state index is -0.194. The van der Waals surface area contributed by atoms with Crippen LogP contribution in [0, 0.1) is 5.92 Å². The zero-order valence-corrected chi connectivity index (χ0v) is 9.21. The van der Waals surface area contributed by atoms with Crippen LogP contribution in [0.2, 0.25) is 5.02 Å². The lowest BCUT2D eigenvalue weighted by Crippen LogP contribution is -2.16. The molecule has 2 rings (SSSR count). The van der Waals surface area contributed by atoms with Crippen LogP contribution in [0.25, 0.3) is 0 Å². The topological polar surface area (TPSA) is 38.7 Å². The van der Waals surface area contributed by atoms with E-state index in [1.165, 1.54) is 7.11 Å². The molecule has 1 unspecified atom stereocenters. The maximum Gasteiger partial charge on any atom is 0.173 e. The first kappa shape index (κ1) is 10.2. The van der Waals surface area contributed by atoms with Gasteiger partial charge in [-0.15, -0.1) is 0 Å². The number of rotatable bonds is 1. The Balaban J connectivity index is 2.63. The number of fused-ring (bicyclic) bond motifs is 1. The molecule has 0 saturated heterocycles. The molecule has 1 atom stereocenters. The lowest BCUT2D eigenvalue weighted by Gasteiger charge is -2.15. The summed E-state index contributed by atoms with van der Waals surface area (Å²) >= 11 is 5.99. The summed E-state index contributed by atoms with van der Waals surface area (Å²) in [6, 6.07) is 3.33. The normalized spacial score (nSPS) is 18.9. The number of ketones is 1. The molecule has 0 aromatic heterocycles. The average Bonchev–Trinajstić information content (AvgIpc) is 2.23. The summed E-state index contributed by atoms with van der Waals surface area (Å²) in [5.41, 5.74) is 1.08. The molecule has 0 bridgehead atoms. The Morgan fingerprint density at radius 3 is 2.87 bits per heavy atom. The summed E-state index contributed by atoms with van der Waals surface area (Å²) < 4.78 is 5.06. The summed E-state index contributed by atoms with van der Waals surface area (Å²) in [6.07, 6.45) is 1.61. The molecular weight excluding hydrogens is 214 g/mol. The van der Waals surface area contributed by atoms with Crippen LogP contribution in [0.1, 0.15) is 17.3 Å². The number of methoxy groups -OCH3 is 1. The molecule has 0 N–H and O–H groups in total. The highest BCUT2D eigenvalue weighted by atomic mass is 35.5. The SMILES string of the molecule is COc1cc(Cl)c2c(c1)C(=O)C(C)C=N2. The number of Topliss-reactive ketones (excluding diaryl/α,β-unsaturated/α-hetero) is 1. The maximum atomic E-state index is 11.8. The average molecular weight is 224 g/mol. The van der Waals surface area contributed by atoms with Crippen molar-refractivity contribution in [1.82, 2.24) is 0 Å². The zero-order chi connectivity index (χ0) is 11.0. The van der Waals surface area contributed by atoms with Crippen molar-refractivity contribution in [2.24, 2.45) is 10.9 Å². The Bertz CT molecular complexity index is 454. The smallest absolute Gasteiger partial charge is 0.173 e. The number of benzene rings is 1. The standard InChI is InChI=1S/C11H10ClNO2/c1-6-5-13-10-8(11(6)14)3-7(15-2)4-9(10)12/h3-6H,1-2H3. The van der Waals surface area contributed by atoms with Crippen molar-refractivity contribution in [2.45, 2.75) is 6.92 Å². The highest BCUT2D eigenvalue weighted by Gasteiger charge is 2.23. The Morgan fingerprint density at radius 1 is 1.47 bits per heavy atom. The molecule has 1 aliphatic rings. The van der Waals surface area contributed by atoms with Gasteiger partial charge in [-0.2, -0.15) is 0 Å². The van der Waals surface area contributed by atoms with Gasteiger partial charge in [0.05, 0.1) is 23.7 Å².